The molecule has 0 saturated carbocycles. The molecule has 19 heavy (non-hydrogen) atoms. The van der Waals surface area contributed by atoms with E-state index >= 15 is 0 Å². The zero-order valence-corrected chi connectivity index (χ0v) is 11.3. The molecule has 5 heteroatoms. The quantitative estimate of drug-likeness (QED) is 0.857. The largest absolute Gasteiger partial charge is 0.388 e. The summed E-state index contributed by atoms with van der Waals surface area (Å²) in [5, 5.41) is 17.6. The maximum Gasteiger partial charge on any atom is 0.158 e. The summed E-state index contributed by atoms with van der Waals surface area (Å²) in [6.07, 6.45) is 0. The van der Waals surface area contributed by atoms with Crippen LogP contribution in [0.4, 0.5) is 0 Å². The Morgan fingerprint density at radius 2 is 2.00 bits per heavy atom. The van der Waals surface area contributed by atoms with E-state index in [4.69, 9.17) is 4.74 Å². The molecule has 0 radical (unpaired) electrons. The highest BCUT2D eigenvalue weighted by atomic mass is 16.5. The first-order valence-corrected chi connectivity index (χ1v) is 6.34. The van der Waals surface area contributed by atoms with E-state index in [2.05, 4.69) is 29.3 Å². The van der Waals surface area contributed by atoms with Gasteiger partial charge in [-0.3, -0.25) is 0 Å². The molecule has 1 unspecified atom stereocenters. The van der Waals surface area contributed by atoms with Crippen molar-refractivity contribution in [1.29, 1.82) is 0 Å². The van der Waals surface area contributed by atoms with Crippen molar-refractivity contribution < 1.29 is 9.84 Å². The maximum atomic E-state index is 9.32. The van der Waals surface area contributed by atoms with Crippen LogP contribution >= 0.6 is 0 Å². The van der Waals surface area contributed by atoms with Gasteiger partial charge in [-0.2, -0.15) is 0 Å². The molecule has 0 fully saturated rings. The minimum atomic E-state index is -0.113. The Morgan fingerprint density at radius 1 is 1.26 bits per heavy atom. The van der Waals surface area contributed by atoms with E-state index in [0.29, 0.717) is 19.0 Å². The molecule has 102 valence electrons. The number of aliphatic hydroxyl groups is 1. The molecule has 0 aliphatic heterocycles. The van der Waals surface area contributed by atoms with E-state index in [1.165, 1.54) is 5.56 Å². The predicted octanol–water partition coefficient (Wildman–Crippen LogP) is 1.57. The first-order valence-electron chi connectivity index (χ1n) is 6.34. The van der Waals surface area contributed by atoms with Gasteiger partial charge in [-0.15, -0.1) is 10.2 Å². The zero-order valence-electron chi connectivity index (χ0n) is 11.3. The van der Waals surface area contributed by atoms with Crippen LogP contribution in [0.3, 0.4) is 0 Å². The molecule has 5 nitrogen and oxygen atoms in total. The van der Waals surface area contributed by atoms with Crippen LogP contribution in [0.5, 0.6) is 0 Å². The molecule has 2 aromatic rings. The fourth-order valence-corrected chi connectivity index (χ4v) is 2.10. The number of aromatic nitrogens is 3. The lowest BCUT2D eigenvalue weighted by molar-refractivity contribution is 0.181. The van der Waals surface area contributed by atoms with Crippen molar-refractivity contribution in [2.24, 2.45) is 0 Å². The Hall–Kier alpha value is -1.72. The molecule has 1 aromatic heterocycles. The third-order valence-corrected chi connectivity index (χ3v) is 3.20. The molecule has 1 heterocycles. The van der Waals surface area contributed by atoms with Crippen LogP contribution in [0.2, 0.25) is 0 Å². The number of rotatable bonds is 6. The third-order valence-electron chi connectivity index (χ3n) is 3.20. The normalized spacial score (nSPS) is 12.6. The van der Waals surface area contributed by atoms with Crippen LogP contribution in [0.25, 0.3) is 0 Å². The van der Waals surface area contributed by atoms with E-state index in [1.54, 1.807) is 7.11 Å². The molecule has 1 aromatic carbocycles. The van der Waals surface area contributed by atoms with Crippen molar-refractivity contribution >= 4 is 0 Å². The standard InChI is InChI=1S/C14H19N3O2/c1-11(12-6-4-3-5-7-12)14-16-15-13(10-18)17(14)8-9-19-2/h3-7,11,18H,8-10H2,1-2H3. The molecule has 1 atom stereocenters. The maximum absolute atomic E-state index is 9.32. The SMILES string of the molecule is COCCn1c(CO)nnc1C(C)c1ccccc1. The van der Waals surface area contributed by atoms with Gasteiger partial charge in [0.25, 0.3) is 0 Å². The van der Waals surface area contributed by atoms with Crippen LogP contribution in [-0.2, 0) is 17.9 Å². The lowest BCUT2D eigenvalue weighted by Crippen LogP contribution is -2.14. The first kappa shape index (κ1) is 13.7. The van der Waals surface area contributed by atoms with Crippen LogP contribution in [0.15, 0.2) is 30.3 Å². The van der Waals surface area contributed by atoms with Gasteiger partial charge in [-0.1, -0.05) is 37.3 Å². The van der Waals surface area contributed by atoms with Gasteiger partial charge in [0.05, 0.1) is 6.61 Å². The monoisotopic (exact) mass is 261 g/mol. The molecule has 0 amide bonds. The summed E-state index contributed by atoms with van der Waals surface area (Å²) in [6.45, 7) is 3.19. The predicted molar refractivity (Wildman–Crippen MR) is 71.8 cm³/mol. The third kappa shape index (κ3) is 3.00. The van der Waals surface area contributed by atoms with E-state index < -0.39 is 0 Å². The van der Waals surface area contributed by atoms with Gasteiger partial charge < -0.3 is 14.4 Å². The topological polar surface area (TPSA) is 60.2 Å². The van der Waals surface area contributed by atoms with Gasteiger partial charge >= 0.3 is 0 Å². The Bertz CT molecular complexity index is 511. The van der Waals surface area contributed by atoms with E-state index in [0.717, 1.165) is 5.82 Å². The van der Waals surface area contributed by atoms with E-state index in [9.17, 15) is 5.11 Å². The second kappa shape index (κ2) is 6.45. The highest BCUT2D eigenvalue weighted by Crippen LogP contribution is 2.22. The van der Waals surface area contributed by atoms with Crippen LogP contribution in [-0.4, -0.2) is 33.6 Å². The van der Waals surface area contributed by atoms with Crippen molar-refractivity contribution in [2.75, 3.05) is 13.7 Å². The van der Waals surface area contributed by atoms with Gasteiger partial charge in [-0.05, 0) is 5.56 Å². The molecular formula is C14H19N3O2. The van der Waals surface area contributed by atoms with Crippen LogP contribution in [0.1, 0.15) is 30.1 Å². The molecule has 0 aliphatic carbocycles. The van der Waals surface area contributed by atoms with Crippen molar-refractivity contribution in [3.63, 3.8) is 0 Å². The average Bonchev–Trinajstić information content (AvgIpc) is 2.88. The fraction of sp³-hybridized carbons (Fsp3) is 0.429. The number of benzene rings is 1. The molecule has 0 saturated heterocycles. The Morgan fingerprint density at radius 3 is 2.63 bits per heavy atom. The highest BCUT2D eigenvalue weighted by Gasteiger charge is 2.18. The minimum absolute atomic E-state index is 0.113. The summed E-state index contributed by atoms with van der Waals surface area (Å²) in [4.78, 5) is 0. The molecule has 0 bridgehead atoms. The zero-order chi connectivity index (χ0) is 13.7. The highest BCUT2D eigenvalue weighted by molar-refractivity contribution is 5.24. The van der Waals surface area contributed by atoms with Crippen molar-refractivity contribution in [3.8, 4) is 0 Å². The number of hydrogen-bond acceptors (Lipinski definition) is 4. The molecular weight excluding hydrogens is 242 g/mol. The molecule has 0 spiro atoms. The Balaban J connectivity index is 2.31. The van der Waals surface area contributed by atoms with Gasteiger partial charge in [0.15, 0.2) is 5.82 Å². The number of hydrogen-bond donors (Lipinski definition) is 1. The summed E-state index contributed by atoms with van der Waals surface area (Å²) >= 11 is 0. The van der Waals surface area contributed by atoms with Crippen molar-refractivity contribution in [1.82, 2.24) is 14.8 Å². The second-order valence-corrected chi connectivity index (χ2v) is 4.41. The number of methoxy groups -OCH3 is 1. The number of aliphatic hydroxyl groups excluding tert-OH is 1. The van der Waals surface area contributed by atoms with Gasteiger partial charge in [0.1, 0.15) is 12.4 Å². The van der Waals surface area contributed by atoms with E-state index in [1.807, 2.05) is 22.8 Å². The average molecular weight is 261 g/mol. The summed E-state index contributed by atoms with van der Waals surface area (Å²) in [5.74, 6) is 1.56. The lowest BCUT2D eigenvalue weighted by atomic mass is 10.0. The summed E-state index contributed by atoms with van der Waals surface area (Å²) in [7, 11) is 1.66. The lowest BCUT2D eigenvalue weighted by Gasteiger charge is -2.14. The van der Waals surface area contributed by atoms with Gasteiger partial charge in [-0.25, -0.2) is 0 Å². The smallest absolute Gasteiger partial charge is 0.158 e. The van der Waals surface area contributed by atoms with Gasteiger partial charge in [0, 0.05) is 19.6 Å². The van der Waals surface area contributed by atoms with Crippen molar-refractivity contribution in [3.05, 3.63) is 47.5 Å². The van der Waals surface area contributed by atoms with Crippen molar-refractivity contribution in [2.45, 2.75) is 26.0 Å². The summed E-state index contributed by atoms with van der Waals surface area (Å²) in [5.41, 5.74) is 1.18. The van der Waals surface area contributed by atoms with Crippen LogP contribution < -0.4 is 0 Å². The minimum Gasteiger partial charge on any atom is -0.388 e. The van der Waals surface area contributed by atoms with Gasteiger partial charge in [0.2, 0.25) is 0 Å². The Labute approximate surface area is 112 Å². The fourth-order valence-electron chi connectivity index (χ4n) is 2.10. The molecule has 1 N–H and O–H groups in total. The molecule has 0 aliphatic rings. The number of ether oxygens (including phenoxy) is 1. The number of nitrogens with zero attached hydrogens (tertiary/aromatic N) is 3. The van der Waals surface area contributed by atoms with E-state index in [-0.39, 0.29) is 12.5 Å². The molecule has 2 rings (SSSR count). The second-order valence-electron chi connectivity index (χ2n) is 4.41. The van der Waals surface area contributed by atoms with Crippen LogP contribution in [0, 0.1) is 0 Å². The first-order chi connectivity index (χ1) is 9.27. The summed E-state index contributed by atoms with van der Waals surface area (Å²) < 4.78 is 7.03. The summed E-state index contributed by atoms with van der Waals surface area (Å²) in [6, 6.07) is 10.1. The Kier molecular flexibility index (Phi) is 4.65.